The maximum Gasteiger partial charge on any atom is 0.319 e. The van der Waals surface area contributed by atoms with Crippen molar-refractivity contribution in [3.05, 3.63) is 46.4 Å². The Morgan fingerprint density at radius 2 is 2.37 bits per heavy atom. The van der Waals surface area contributed by atoms with Gasteiger partial charge in [0.25, 0.3) is 0 Å². The average molecular weight is 276 g/mol. The van der Waals surface area contributed by atoms with Gasteiger partial charge in [0.2, 0.25) is 0 Å². The zero-order valence-electron chi connectivity index (χ0n) is 10.6. The fourth-order valence-corrected chi connectivity index (χ4v) is 2.13. The Balaban J connectivity index is 1.89. The molecule has 4 N–H and O–H groups in total. The standard InChI is InChI=1S/C13H16N4OS/c1-9(14)10-3-2-4-11(5-10)17-13(18)15-6-12-7-19-8-16-12/h2-5,7-9H,6,14H2,1H3,(H2,15,17,18). The molecule has 0 aliphatic rings. The Labute approximate surface area is 115 Å². The number of nitrogens with zero attached hydrogens (tertiary/aromatic N) is 1. The van der Waals surface area contributed by atoms with Gasteiger partial charge in [0, 0.05) is 17.1 Å². The molecular weight excluding hydrogens is 260 g/mol. The van der Waals surface area contributed by atoms with Crippen LogP contribution in [0, 0.1) is 0 Å². The van der Waals surface area contributed by atoms with Crippen molar-refractivity contribution in [3.8, 4) is 0 Å². The first-order valence-electron chi connectivity index (χ1n) is 5.92. The lowest BCUT2D eigenvalue weighted by molar-refractivity contribution is 0.251. The highest BCUT2D eigenvalue weighted by molar-refractivity contribution is 7.07. The zero-order valence-corrected chi connectivity index (χ0v) is 11.4. The molecule has 19 heavy (non-hydrogen) atoms. The molecule has 0 aliphatic heterocycles. The Morgan fingerprint density at radius 3 is 3.05 bits per heavy atom. The number of hydrogen-bond donors (Lipinski definition) is 3. The van der Waals surface area contributed by atoms with Crippen molar-refractivity contribution in [3.63, 3.8) is 0 Å². The van der Waals surface area contributed by atoms with Crippen LogP contribution < -0.4 is 16.4 Å². The third kappa shape index (κ3) is 4.04. The predicted molar refractivity (Wildman–Crippen MR) is 77.0 cm³/mol. The maximum absolute atomic E-state index is 11.7. The molecule has 0 spiro atoms. The lowest BCUT2D eigenvalue weighted by Gasteiger charge is -2.10. The number of hydrogen-bond acceptors (Lipinski definition) is 4. The zero-order chi connectivity index (χ0) is 13.7. The first-order chi connectivity index (χ1) is 9.15. The number of anilines is 1. The molecule has 2 rings (SSSR count). The molecule has 1 atom stereocenters. The molecule has 100 valence electrons. The summed E-state index contributed by atoms with van der Waals surface area (Å²) in [5.41, 5.74) is 10.1. The van der Waals surface area contributed by atoms with Gasteiger partial charge in [0.15, 0.2) is 0 Å². The van der Waals surface area contributed by atoms with Crippen molar-refractivity contribution in [2.45, 2.75) is 19.5 Å². The quantitative estimate of drug-likeness (QED) is 0.802. The highest BCUT2D eigenvalue weighted by Crippen LogP contribution is 2.15. The summed E-state index contributed by atoms with van der Waals surface area (Å²) in [6, 6.07) is 7.19. The van der Waals surface area contributed by atoms with Crippen LogP contribution in [0.15, 0.2) is 35.2 Å². The van der Waals surface area contributed by atoms with E-state index >= 15 is 0 Å². The van der Waals surface area contributed by atoms with Crippen LogP contribution in [-0.2, 0) is 6.54 Å². The van der Waals surface area contributed by atoms with Gasteiger partial charge in [-0.2, -0.15) is 0 Å². The van der Waals surface area contributed by atoms with Crippen LogP contribution in [0.4, 0.5) is 10.5 Å². The van der Waals surface area contributed by atoms with Gasteiger partial charge >= 0.3 is 6.03 Å². The van der Waals surface area contributed by atoms with Gasteiger partial charge < -0.3 is 16.4 Å². The van der Waals surface area contributed by atoms with Crippen LogP contribution >= 0.6 is 11.3 Å². The van der Waals surface area contributed by atoms with Crippen molar-refractivity contribution in [1.82, 2.24) is 10.3 Å². The van der Waals surface area contributed by atoms with Gasteiger partial charge in [-0.3, -0.25) is 0 Å². The van der Waals surface area contributed by atoms with Crippen molar-refractivity contribution in [2.24, 2.45) is 5.73 Å². The molecule has 1 aromatic carbocycles. The van der Waals surface area contributed by atoms with E-state index in [1.807, 2.05) is 36.6 Å². The van der Waals surface area contributed by atoms with E-state index in [2.05, 4.69) is 15.6 Å². The monoisotopic (exact) mass is 276 g/mol. The summed E-state index contributed by atoms with van der Waals surface area (Å²) in [6.07, 6.45) is 0. The summed E-state index contributed by atoms with van der Waals surface area (Å²) < 4.78 is 0. The summed E-state index contributed by atoms with van der Waals surface area (Å²) in [4.78, 5) is 15.8. The largest absolute Gasteiger partial charge is 0.332 e. The number of amides is 2. The molecular formula is C13H16N4OS. The number of thiazole rings is 1. The minimum absolute atomic E-state index is 0.0557. The topological polar surface area (TPSA) is 80.0 Å². The van der Waals surface area contributed by atoms with Crippen molar-refractivity contribution >= 4 is 23.1 Å². The first kappa shape index (κ1) is 13.5. The molecule has 0 fully saturated rings. The Morgan fingerprint density at radius 1 is 1.53 bits per heavy atom. The van der Waals surface area contributed by atoms with E-state index in [9.17, 15) is 4.79 Å². The third-order valence-corrected chi connectivity index (χ3v) is 3.22. The number of benzene rings is 1. The lowest BCUT2D eigenvalue weighted by Crippen LogP contribution is -2.28. The van der Waals surface area contributed by atoms with Gasteiger partial charge in [-0.25, -0.2) is 9.78 Å². The smallest absolute Gasteiger partial charge is 0.319 e. The van der Waals surface area contributed by atoms with Crippen LogP contribution in [-0.4, -0.2) is 11.0 Å². The van der Waals surface area contributed by atoms with E-state index in [0.717, 1.165) is 16.9 Å². The second-order valence-electron chi connectivity index (χ2n) is 4.20. The third-order valence-electron chi connectivity index (χ3n) is 2.58. The number of nitrogens with two attached hydrogens (primary N) is 1. The Kier molecular flexibility index (Phi) is 4.48. The van der Waals surface area contributed by atoms with Crippen molar-refractivity contribution in [1.29, 1.82) is 0 Å². The summed E-state index contributed by atoms with van der Waals surface area (Å²) in [6.45, 7) is 2.32. The maximum atomic E-state index is 11.7. The summed E-state index contributed by atoms with van der Waals surface area (Å²) in [7, 11) is 0. The van der Waals surface area contributed by atoms with Crippen LogP contribution in [0.5, 0.6) is 0 Å². The van der Waals surface area contributed by atoms with E-state index in [1.54, 1.807) is 5.51 Å². The minimum Gasteiger partial charge on any atom is -0.332 e. The highest BCUT2D eigenvalue weighted by Gasteiger charge is 2.04. The Hall–Kier alpha value is -1.92. The van der Waals surface area contributed by atoms with Gasteiger partial charge in [-0.15, -0.1) is 11.3 Å². The molecule has 1 aromatic heterocycles. The second kappa shape index (κ2) is 6.31. The molecule has 0 bridgehead atoms. The van der Waals surface area contributed by atoms with Gasteiger partial charge in [0.1, 0.15) is 0 Å². The van der Waals surface area contributed by atoms with E-state index in [4.69, 9.17) is 5.73 Å². The molecule has 0 aliphatic carbocycles. The van der Waals surface area contributed by atoms with Crippen LogP contribution in [0.3, 0.4) is 0 Å². The lowest BCUT2D eigenvalue weighted by atomic mass is 10.1. The fraction of sp³-hybridized carbons (Fsp3) is 0.231. The SMILES string of the molecule is CC(N)c1cccc(NC(=O)NCc2cscn2)c1. The van der Waals surface area contributed by atoms with E-state index < -0.39 is 0 Å². The highest BCUT2D eigenvalue weighted by atomic mass is 32.1. The number of carbonyl (C=O) groups excluding carboxylic acids is 1. The molecule has 6 heteroatoms. The van der Waals surface area contributed by atoms with Crippen molar-refractivity contribution < 1.29 is 4.79 Å². The number of carbonyl (C=O) groups is 1. The summed E-state index contributed by atoms with van der Waals surface area (Å²) >= 11 is 1.50. The molecule has 1 heterocycles. The molecule has 0 saturated heterocycles. The van der Waals surface area contributed by atoms with Gasteiger partial charge in [0.05, 0.1) is 17.7 Å². The molecule has 2 aromatic rings. The predicted octanol–water partition coefficient (Wildman–Crippen LogP) is 2.48. The molecule has 0 radical (unpaired) electrons. The minimum atomic E-state index is -0.255. The van der Waals surface area contributed by atoms with E-state index in [-0.39, 0.29) is 12.1 Å². The fourth-order valence-electron chi connectivity index (χ4n) is 1.57. The second-order valence-corrected chi connectivity index (χ2v) is 4.92. The molecule has 1 unspecified atom stereocenters. The number of nitrogens with one attached hydrogen (secondary N) is 2. The summed E-state index contributed by atoms with van der Waals surface area (Å²) in [5.74, 6) is 0. The van der Waals surface area contributed by atoms with Crippen LogP contribution in [0.1, 0.15) is 24.2 Å². The summed E-state index contributed by atoms with van der Waals surface area (Å²) in [5, 5.41) is 7.41. The molecule has 2 amide bonds. The molecule has 0 saturated carbocycles. The van der Waals surface area contributed by atoms with Crippen LogP contribution in [0.25, 0.3) is 0 Å². The number of urea groups is 1. The van der Waals surface area contributed by atoms with E-state index in [0.29, 0.717) is 6.54 Å². The van der Waals surface area contributed by atoms with Crippen molar-refractivity contribution in [2.75, 3.05) is 5.32 Å². The Bertz CT molecular complexity index is 539. The normalized spacial score (nSPS) is 11.9. The van der Waals surface area contributed by atoms with Gasteiger partial charge in [-0.05, 0) is 24.6 Å². The van der Waals surface area contributed by atoms with E-state index in [1.165, 1.54) is 11.3 Å². The van der Waals surface area contributed by atoms with Crippen LogP contribution in [0.2, 0.25) is 0 Å². The van der Waals surface area contributed by atoms with Gasteiger partial charge in [-0.1, -0.05) is 12.1 Å². The number of aromatic nitrogens is 1. The first-order valence-corrected chi connectivity index (χ1v) is 6.87. The average Bonchev–Trinajstić information content (AvgIpc) is 2.90. The number of rotatable bonds is 4. The molecule has 5 nitrogen and oxygen atoms in total.